The molecule has 8 heteroatoms. The Morgan fingerprint density at radius 1 is 1.37 bits per heavy atom. The summed E-state index contributed by atoms with van der Waals surface area (Å²) in [5.74, 6) is 0. The molecule has 0 saturated carbocycles. The lowest BCUT2D eigenvalue weighted by Crippen LogP contribution is -2.07. The number of benzene rings is 1. The van der Waals surface area contributed by atoms with Gasteiger partial charge in [-0.05, 0) is 19.1 Å². The number of aryl methyl sites for hydroxylation is 1. The summed E-state index contributed by atoms with van der Waals surface area (Å²) in [6.07, 6.45) is -1.81. The summed E-state index contributed by atoms with van der Waals surface area (Å²) in [5.41, 5.74) is -1.03. The maximum absolute atomic E-state index is 12.5. The van der Waals surface area contributed by atoms with Gasteiger partial charge < -0.3 is 0 Å². The monoisotopic (exact) mass is 271 g/mol. The minimum Gasteiger partial charge on any atom is -0.300 e. The predicted molar refractivity (Wildman–Crippen MR) is 60.0 cm³/mol. The van der Waals surface area contributed by atoms with Crippen molar-refractivity contribution < 1.29 is 18.1 Å². The van der Waals surface area contributed by atoms with Gasteiger partial charge in [-0.15, -0.1) is 0 Å². The van der Waals surface area contributed by atoms with Gasteiger partial charge in [-0.25, -0.2) is 4.98 Å². The Bertz CT molecular complexity index is 634. The smallest absolute Gasteiger partial charge is 0.300 e. The van der Waals surface area contributed by atoms with Gasteiger partial charge in [0.1, 0.15) is 5.69 Å². The van der Waals surface area contributed by atoms with Crippen molar-refractivity contribution in [3.63, 3.8) is 0 Å². The summed E-state index contributed by atoms with van der Waals surface area (Å²) in [5, 5.41) is 10.9. The number of imidazole rings is 1. The van der Waals surface area contributed by atoms with Crippen molar-refractivity contribution in [2.75, 3.05) is 0 Å². The van der Waals surface area contributed by atoms with E-state index in [2.05, 4.69) is 4.98 Å². The Morgan fingerprint density at radius 3 is 2.53 bits per heavy atom. The highest BCUT2D eigenvalue weighted by atomic mass is 19.4. The second kappa shape index (κ2) is 4.38. The summed E-state index contributed by atoms with van der Waals surface area (Å²) in [4.78, 5) is 13.9. The third kappa shape index (κ3) is 2.56. The molecule has 0 unspecified atom stereocenters. The molecule has 0 fully saturated rings. The lowest BCUT2D eigenvalue weighted by Gasteiger charge is -2.09. The molecule has 5 nitrogen and oxygen atoms in total. The van der Waals surface area contributed by atoms with Crippen LogP contribution in [0.25, 0.3) is 5.69 Å². The topological polar surface area (TPSA) is 61.0 Å². The van der Waals surface area contributed by atoms with Gasteiger partial charge in [0.15, 0.2) is 0 Å². The molecule has 0 aliphatic rings. The van der Waals surface area contributed by atoms with Crippen LogP contribution < -0.4 is 0 Å². The number of aromatic nitrogens is 2. The summed E-state index contributed by atoms with van der Waals surface area (Å²) in [7, 11) is 0. The van der Waals surface area contributed by atoms with Crippen LogP contribution in [-0.2, 0) is 6.18 Å². The number of nitro benzene ring substituents is 1. The molecule has 19 heavy (non-hydrogen) atoms. The van der Waals surface area contributed by atoms with Crippen LogP contribution in [0.2, 0.25) is 0 Å². The van der Waals surface area contributed by atoms with Gasteiger partial charge in [0.25, 0.3) is 5.69 Å². The highest BCUT2D eigenvalue weighted by molar-refractivity contribution is 5.54. The summed E-state index contributed by atoms with van der Waals surface area (Å²) >= 11 is 0. The van der Waals surface area contributed by atoms with E-state index in [1.165, 1.54) is 17.1 Å². The van der Waals surface area contributed by atoms with Gasteiger partial charge >= 0.3 is 6.18 Å². The van der Waals surface area contributed by atoms with Crippen LogP contribution in [0.1, 0.15) is 11.3 Å². The molecule has 0 N–H and O–H groups in total. The van der Waals surface area contributed by atoms with E-state index in [9.17, 15) is 23.3 Å². The fourth-order valence-corrected chi connectivity index (χ4v) is 1.62. The van der Waals surface area contributed by atoms with Crippen LogP contribution in [-0.4, -0.2) is 14.5 Å². The molecule has 0 bridgehead atoms. The van der Waals surface area contributed by atoms with Crippen molar-refractivity contribution in [1.29, 1.82) is 0 Å². The van der Waals surface area contributed by atoms with Crippen molar-refractivity contribution in [3.8, 4) is 5.69 Å². The first-order valence-corrected chi connectivity index (χ1v) is 5.15. The number of alkyl halides is 3. The van der Waals surface area contributed by atoms with Gasteiger partial charge in [0.2, 0.25) is 0 Å². The molecule has 0 amide bonds. The highest BCUT2D eigenvalue weighted by Crippen LogP contribution is 2.34. The number of nitrogens with zero attached hydrogens (tertiary/aromatic N) is 3. The molecule has 0 aliphatic heterocycles. The van der Waals surface area contributed by atoms with E-state index in [0.29, 0.717) is 11.8 Å². The molecule has 1 aromatic carbocycles. The van der Waals surface area contributed by atoms with Crippen molar-refractivity contribution in [3.05, 3.63) is 52.1 Å². The molecule has 1 aromatic heterocycles. The summed E-state index contributed by atoms with van der Waals surface area (Å²) < 4.78 is 38.9. The number of halogens is 3. The molecule has 1 heterocycles. The van der Waals surface area contributed by atoms with E-state index in [1.54, 1.807) is 6.92 Å². The normalized spacial score (nSPS) is 11.6. The predicted octanol–water partition coefficient (Wildman–Crippen LogP) is 3.11. The maximum atomic E-state index is 12.5. The molecule has 0 atom stereocenters. The van der Waals surface area contributed by atoms with Crippen LogP contribution in [0.5, 0.6) is 0 Å². The van der Waals surface area contributed by atoms with E-state index in [1.807, 2.05) is 0 Å². The van der Waals surface area contributed by atoms with Gasteiger partial charge in [-0.3, -0.25) is 14.7 Å². The zero-order valence-corrected chi connectivity index (χ0v) is 9.68. The third-order valence-electron chi connectivity index (χ3n) is 2.49. The quantitative estimate of drug-likeness (QED) is 0.622. The van der Waals surface area contributed by atoms with E-state index in [4.69, 9.17) is 0 Å². The second-order valence-electron chi connectivity index (χ2n) is 3.88. The third-order valence-corrected chi connectivity index (χ3v) is 2.49. The van der Waals surface area contributed by atoms with Gasteiger partial charge in [-0.2, -0.15) is 13.2 Å². The summed E-state index contributed by atoms with van der Waals surface area (Å²) in [6, 6.07) is 2.38. The summed E-state index contributed by atoms with van der Waals surface area (Å²) in [6.45, 7) is 1.67. The molecule has 0 saturated heterocycles. The van der Waals surface area contributed by atoms with Crippen molar-refractivity contribution in [1.82, 2.24) is 9.55 Å². The molecular formula is C11H8F3N3O2. The maximum Gasteiger partial charge on any atom is 0.416 e. The van der Waals surface area contributed by atoms with E-state index in [-0.39, 0.29) is 5.69 Å². The van der Waals surface area contributed by atoms with Crippen molar-refractivity contribution in [2.24, 2.45) is 0 Å². The SMILES string of the molecule is Cc1cn(-c2ccc(C(F)(F)F)cc2[N+](=O)[O-])cn1. The Kier molecular flexibility index (Phi) is 3.01. The van der Waals surface area contributed by atoms with Crippen molar-refractivity contribution >= 4 is 5.69 Å². The fraction of sp³-hybridized carbons (Fsp3) is 0.182. The average Bonchev–Trinajstić information content (AvgIpc) is 2.73. The molecule has 0 spiro atoms. The van der Waals surface area contributed by atoms with Crippen LogP contribution in [0.15, 0.2) is 30.7 Å². The minimum atomic E-state index is -4.62. The van der Waals surface area contributed by atoms with E-state index < -0.39 is 22.4 Å². The standard InChI is InChI=1S/C11H8F3N3O2/c1-7-5-16(6-15-7)9-3-2-8(11(12,13)14)4-10(9)17(18)19/h2-6H,1H3. The van der Waals surface area contributed by atoms with Gasteiger partial charge in [-0.1, -0.05) is 0 Å². The van der Waals surface area contributed by atoms with Crippen LogP contribution in [0, 0.1) is 17.0 Å². The molecule has 0 radical (unpaired) electrons. The Morgan fingerprint density at radius 2 is 2.05 bits per heavy atom. The van der Waals surface area contributed by atoms with Crippen LogP contribution >= 0.6 is 0 Å². The second-order valence-corrected chi connectivity index (χ2v) is 3.88. The number of rotatable bonds is 2. The largest absolute Gasteiger partial charge is 0.416 e. The zero-order valence-electron chi connectivity index (χ0n) is 9.68. The Labute approximate surface area is 105 Å². The molecule has 100 valence electrons. The average molecular weight is 271 g/mol. The first kappa shape index (κ1) is 13.1. The molecule has 0 aliphatic carbocycles. The minimum absolute atomic E-state index is 0.0404. The van der Waals surface area contributed by atoms with E-state index in [0.717, 1.165) is 12.1 Å². The lowest BCUT2D eigenvalue weighted by molar-refractivity contribution is -0.384. The molecular weight excluding hydrogens is 263 g/mol. The van der Waals surface area contributed by atoms with Crippen LogP contribution in [0.3, 0.4) is 0 Å². The fourth-order valence-electron chi connectivity index (χ4n) is 1.62. The first-order chi connectivity index (χ1) is 8.79. The van der Waals surface area contributed by atoms with Crippen LogP contribution in [0.4, 0.5) is 18.9 Å². The number of hydrogen-bond acceptors (Lipinski definition) is 3. The lowest BCUT2D eigenvalue weighted by atomic mass is 10.1. The number of nitro groups is 1. The molecule has 2 aromatic rings. The van der Waals surface area contributed by atoms with Gasteiger partial charge in [0, 0.05) is 12.3 Å². The highest BCUT2D eigenvalue weighted by Gasteiger charge is 2.33. The first-order valence-electron chi connectivity index (χ1n) is 5.15. The van der Waals surface area contributed by atoms with Gasteiger partial charge in [0.05, 0.1) is 22.5 Å². The Balaban J connectivity index is 2.60. The molecule has 2 rings (SSSR count). The Hall–Kier alpha value is -2.38. The van der Waals surface area contributed by atoms with Crippen molar-refractivity contribution in [2.45, 2.75) is 13.1 Å². The zero-order chi connectivity index (χ0) is 14.2. The number of hydrogen-bond donors (Lipinski definition) is 0. The van der Waals surface area contributed by atoms with E-state index >= 15 is 0 Å².